The Morgan fingerprint density at radius 1 is 0.371 bits per heavy atom. The highest BCUT2D eigenvalue weighted by Crippen LogP contribution is 2.47. The Balaban J connectivity index is 0.000000309. The number of aliphatic hydroxyl groups excluding tert-OH is 2. The summed E-state index contributed by atoms with van der Waals surface area (Å²) < 4.78 is 263. The third kappa shape index (κ3) is 38.3. The molecule has 0 aromatic heterocycles. The Morgan fingerprint density at radius 3 is 0.871 bits per heavy atom. The molecule has 28 nitrogen and oxygen atoms in total. The summed E-state index contributed by atoms with van der Waals surface area (Å²) in [5.41, 5.74) is 1.84. The lowest BCUT2D eigenvalue weighted by Crippen LogP contribution is -2.32. The van der Waals surface area contributed by atoms with Crippen LogP contribution in [0.2, 0.25) is 0 Å². The lowest BCUT2D eigenvalue weighted by atomic mass is 10.0. The minimum Gasteiger partial charge on any atom is -0.386 e. The van der Waals surface area contributed by atoms with Gasteiger partial charge in [-0.2, -0.15) is 0 Å². The summed E-state index contributed by atoms with van der Waals surface area (Å²) in [4.78, 5) is 72.7. The summed E-state index contributed by atoms with van der Waals surface area (Å²) in [5, 5.41) is 17.6. The average molecular weight is 1780 g/mol. The van der Waals surface area contributed by atoms with Crippen LogP contribution in [-0.4, -0.2) is 242 Å². The average Bonchev–Trinajstić information content (AvgIpc) is 1.65. The van der Waals surface area contributed by atoms with Crippen molar-refractivity contribution < 1.29 is 168 Å². The van der Waals surface area contributed by atoms with Crippen molar-refractivity contribution in [3.63, 3.8) is 0 Å². The van der Waals surface area contributed by atoms with Gasteiger partial charge in [0.15, 0.2) is 37.0 Å². The highest BCUT2D eigenvalue weighted by atomic mass is 31.2. The molecule has 10 N–H and O–H groups in total. The predicted molar refractivity (Wildman–Crippen MR) is 425 cm³/mol. The van der Waals surface area contributed by atoms with Gasteiger partial charge in [-0.3, -0.25) is 27.4 Å². The molecule has 0 aliphatic carbocycles. The van der Waals surface area contributed by atoms with Crippen LogP contribution in [0, 0.1) is 0 Å². The van der Waals surface area contributed by atoms with Crippen LogP contribution in [0.3, 0.4) is 0 Å². The largest absolute Gasteiger partial charge is 0.386 e. The third-order valence-electron chi connectivity index (χ3n) is 15.9. The molecular formula is C76H116F6O28P6. The van der Waals surface area contributed by atoms with E-state index in [2.05, 4.69) is 0 Å². The zero-order valence-electron chi connectivity index (χ0n) is 72.5. The molecule has 0 amide bonds. The van der Waals surface area contributed by atoms with E-state index >= 15 is 0 Å². The lowest BCUT2D eigenvalue weighted by Gasteiger charge is -2.20. The first-order chi connectivity index (χ1) is 56.3. The first-order valence-electron chi connectivity index (χ1n) is 39.8. The maximum absolute atomic E-state index is 14.9. The van der Waals surface area contributed by atoms with E-state index in [0.29, 0.717) is 34.1 Å². The van der Waals surface area contributed by atoms with Gasteiger partial charge >= 0.3 is 15.2 Å². The summed E-state index contributed by atoms with van der Waals surface area (Å²) in [7, 11) is -24.1. The van der Waals surface area contributed by atoms with Gasteiger partial charge in [0.05, 0.1) is 64.7 Å². The normalized spacial score (nSPS) is 33.1. The Hall–Kier alpha value is -3.82. The lowest BCUT2D eigenvalue weighted by molar-refractivity contribution is -0.0388. The van der Waals surface area contributed by atoms with Gasteiger partial charge in [0.1, 0.15) is 104 Å². The van der Waals surface area contributed by atoms with Crippen LogP contribution in [0.4, 0.5) is 26.3 Å². The second kappa shape index (κ2) is 48.9. The van der Waals surface area contributed by atoms with Crippen molar-refractivity contribution in [2.75, 3.05) is 45.8 Å². The van der Waals surface area contributed by atoms with Crippen LogP contribution in [0.15, 0.2) is 162 Å². The molecule has 6 saturated heterocycles. The van der Waals surface area contributed by atoms with Crippen LogP contribution in [0.5, 0.6) is 0 Å². The first-order valence-corrected chi connectivity index (χ1v) is 48.2. The molecule has 6 fully saturated rings. The Morgan fingerprint density at radius 2 is 0.612 bits per heavy atom. The van der Waals surface area contributed by atoms with Crippen molar-refractivity contribution in [2.24, 2.45) is 0 Å². The van der Waals surface area contributed by atoms with Crippen LogP contribution >= 0.6 is 44.7 Å². The molecule has 25 atom stereocenters. The van der Waals surface area contributed by atoms with Crippen molar-refractivity contribution >= 4 is 44.7 Å². The van der Waals surface area contributed by atoms with Gasteiger partial charge in [-0.25, -0.2) is 26.3 Å². The maximum Gasteiger partial charge on any atom is 0.348 e. The van der Waals surface area contributed by atoms with E-state index in [-0.39, 0.29) is 74.6 Å². The fourth-order valence-corrected chi connectivity index (χ4v) is 13.7. The molecule has 4 unspecified atom stereocenters. The number of hydrogen-bond donors (Lipinski definition) is 10. The molecule has 660 valence electrons. The smallest absolute Gasteiger partial charge is 0.348 e. The fraction of sp³-hybridized carbons (Fsp3) is 0.605. The second-order valence-corrected chi connectivity index (χ2v) is 40.0. The SMILES string of the molecule is [2H]/C(=C\P(=O)(O)CO)[C@H]1OC[C@H](F)[C@@H]1OC(C)C.[2H]/C(=C\P(=O)(O)CO)[C@H]1O[C@@H](c2ccccc2)[C@H](F)[C@@H]1OC(C)C.[2H]/C(=C\P(=O)(O)O)[C@H]1OC[C@H](F)[C@@H]1OC(C)C.[2H]/C(=C\P(=O)(O)O)[C@H]1O[C@@H](c2ccccc2)[C@H](F)[C@@H]1OC(C)C.[2H]/C(=C\P(C)(=O)O)[C@H]1O[C@@H](c2ccccc2)[C@H](F)[C@@H]1OC(C)C.[2H]/C(=C\[C@H]1OC[C@H](F)[C@@H]1OC(C)C)P(C)(=O)O. The van der Waals surface area contributed by atoms with E-state index in [1.54, 1.807) is 168 Å². The number of ether oxygens (including phenoxy) is 12. The topological polar surface area (TPSA) is 415 Å². The zero-order valence-corrected chi connectivity index (χ0v) is 71.9. The number of aliphatic hydroxyl groups is 2. The van der Waals surface area contributed by atoms with Crippen molar-refractivity contribution in [2.45, 2.75) is 248 Å². The number of benzene rings is 3. The predicted octanol–water partition coefficient (Wildman–Crippen LogP) is 14.0. The van der Waals surface area contributed by atoms with Crippen LogP contribution in [0.25, 0.3) is 0 Å². The molecule has 0 spiro atoms. The minimum atomic E-state index is -4.55. The fourth-order valence-electron chi connectivity index (χ4n) is 11.3. The molecule has 0 radical (unpaired) electrons. The van der Waals surface area contributed by atoms with Crippen molar-refractivity contribution in [3.05, 3.63) is 179 Å². The first kappa shape index (κ1) is 94.4. The molecular weight excluding hydrogens is 1660 g/mol. The standard InChI is InChI=1S/C16H22FO5P.C16H22FO4P.C15H20FO5P.C10H18FO5P.C10H18FO4P.C9H16FO5P/c1-11(2)21-16-13(8-9-23(19,20)10-18)22-15(14(16)17)12-6-4-3-5-7-12;1-11(2)20-16-13(9-10-22(3,18)19)21-15(14(16)17)12-7-5-4-6-8-12;1-10(2)20-15-12(8-9-22(17,18)19)21-14(13(15)16)11-6-4-3-5-7-11;1-7(2)16-10-8(11)5-15-9(10)3-4-17(13,14)6-12;1-7(2)15-10-8(11)6-14-9(10)4-5-16(3,12)13;1-6(2)15-9-7(10)5-14-8(9)3-4-16(11,12)13/h3-9,11,13-16,18H,10H2,1-2H3,(H,19,20);4-11,13-16H,1-3H3,(H,18,19);3-10,12-15H,1-2H3,(H2,17,18,19);3-4,7-10,12H,5-6H2,1-2H3,(H,13,14);4-5,7-10H,6H2,1-3H3,(H,12,13);3-4,6-9H,5H2,1-2H3,(H2,11,12,13)/b9-8+;10-9+;9-8+;4-3+;5-4+;4-3+/t2*13-,14+,15+,16-;12-,13+,14+,15-;2*8-,9+,10-;7-,8+,9-/m111000/s1/i8D;9D;8D;3D;5D;3D. The van der Waals surface area contributed by atoms with E-state index in [1.165, 1.54) is 0 Å². The molecule has 9 rings (SSSR count). The van der Waals surface area contributed by atoms with Crippen LogP contribution in [-0.2, 0) is 84.2 Å². The second-order valence-electron chi connectivity index (χ2n) is 28.8. The Bertz CT molecular complexity index is 4100. The van der Waals surface area contributed by atoms with Gasteiger partial charge in [-0.15, -0.1) is 0 Å². The summed E-state index contributed by atoms with van der Waals surface area (Å²) >= 11 is 0. The highest BCUT2D eigenvalue weighted by Gasteiger charge is 2.49. The van der Waals surface area contributed by atoms with Crippen LogP contribution in [0.1, 0.15) is 126 Å². The van der Waals surface area contributed by atoms with Gasteiger partial charge in [-0.1, -0.05) is 91.0 Å². The quantitative estimate of drug-likeness (QED) is 0.0228. The molecule has 6 heterocycles. The molecule has 3 aromatic carbocycles. The number of hydrogen-bond acceptors (Lipinski definition) is 20. The van der Waals surface area contributed by atoms with E-state index in [0.717, 1.165) is 31.0 Å². The maximum atomic E-state index is 14.9. The Labute approximate surface area is 683 Å². The van der Waals surface area contributed by atoms with Crippen molar-refractivity contribution in [1.29, 1.82) is 0 Å². The summed E-state index contributed by atoms with van der Waals surface area (Å²) in [6.07, 6.45) is -25.8. The Kier molecular flexibility index (Phi) is 39.8. The van der Waals surface area contributed by atoms with E-state index in [1.807, 2.05) is 6.07 Å². The molecule has 6 aliphatic rings. The third-order valence-corrected chi connectivity index (χ3v) is 20.1. The monoisotopic (exact) mass is 1780 g/mol. The van der Waals surface area contributed by atoms with Crippen LogP contribution < -0.4 is 0 Å². The summed E-state index contributed by atoms with van der Waals surface area (Å²) in [5.74, 6) is 2.88. The van der Waals surface area contributed by atoms with Crippen molar-refractivity contribution in [3.8, 4) is 0 Å². The number of alkyl halides is 6. The number of rotatable bonds is 29. The van der Waals surface area contributed by atoms with Gasteiger partial charge < -0.3 is 106 Å². The summed E-state index contributed by atoms with van der Waals surface area (Å²) in [6, 6.07) is 24.4. The number of halogens is 6. The molecule has 0 bridgehead atoms. The van der Waals surface area contributed by atoms with E-state index < -0.39 is 204 Å². The zero-order chi connectivity index (χ0) is 92.7. The van der Waals surface area contributed by atoms with Gasteiger partial charge in [-0.05, 0) is 148 Å². The molecule has 3 aromatic rings. The molecule has 116 heavy (non-hydrogen) atoms. The van der Waals surface area contributed by atoms with Gasteiger partial charge in [0, 0.05) is 36.6 Å². The minimum absolute atomic E-state index is 0.120. The molecule has 6 aliphatic heterocycles. The highest BCUT2D eigenvalue weighted by molar-refractivity contribution is 7.61. The van der Waals surface area contributed by atoms with E-state index in [9.17, 15) is 73.3 Å². The molecule has 0 saturated carbocycles. The summed E-state index contributed by atoms with van der Waals surface area (Å²) in [6.45, 7) is 22.4. The molecule has 40 heteroatoms. The van der Waals surface area contributed by atoms with E-state index in [4.69, 9.17) is 94.9 Å². The van der Waals surface area contributed by atoms with Crippen molar-refractivity contribution in [1.82, 2.24) is 0 Å². The van der Waals surface area contributed by atoms with Gasteiger partial charge in [0.2, 0.25) is 29.5 Å². The van der Waals surface area contributed by atoms with Gasteiger partial charge in [0.25, 0.3) is 0 Å².